The molecule has 0 radical (unpaired) electrons. The van der Waals surface area contributed by atoms with Crippen molar-refractivity contribution in [3.63, 3.8) is 0 Å². The lowest BCUT2D eigenvalue weighted by Gasteiger charge is -2.20. The molecule has 1 amide bonds. The third kappa shape index (κ3) is 40.0. The molecule has 5 heteroatoms. The molecule has 0 rings (SSSR count). The number of carbonyl (C=O) groups is 1. The van der Waals surface area contributed by atoms with Crippen molar-refractivity contribution in [1.29, 1.82) is 0 Å². The van der Waals surface area contributed by atoms with E-state index in [0.717, 1.165) is 51.4 Å². The van der Waals surface area contributed by atoms with Gasteiger partial charge in [-0.25, -0.2) is 0 Å². The number of amides is 1. The molecule has 316 valence electrons. The summed E-state index contributed by atoms with van der Waals surface area (Å²) in [6.07, 6.45) is 56.9. The molecule has 0 aliphatic rings. The van der Waals surface area contributed by atoms with Crippen LogP contribution in [0.1, 0.15) is 232 Å². The molecule has 0 aromatic carbocycles. The fourth-order valence-corrected chi connectivity index (χ4v) is 6.95. The smallest absolute Gasteiger partial charge is 0.222 e. The molecule has 0 fully saturated rings. The summed E-state index contributed by atoms with van der Waals surface area (Å²) in [6, 6.07) is -0.771. The third-order valence-corrected chi connectivity index (χ3v) is 10.6. The van der Waals surface area contributed by atoms with Crippen molar-refractivity contribution >= 4 is 5.91 Å². The normalized spacial score (nSPS) is 13.9. The average Bonchev–Trinajstić information content (AvgIpc) is 3.16. The summed E-state index contributed by atoms with van der Waals surface area (Å²) in [5, 5.41) is 33.2. The first-order chi connectivity index (χ1) is 26.5. The van der Waals surface area contributed by atoms with Crippen LogP contribution < -0.4 is 5.32 Å². The number of nitrogens with one attached hydrogen (secondary N) is 1. The van der Waals surface area contributed by atoms with Crippen molar-refractivity contribution in [2.45, 2.75) is 250 Å². The van der Waals surface area contributed by atoms with Crippen LogP contribution in [0.4, 0.5) is 0 Å². The predicted octanol–water partition coefficient (Wildman–Crippen LogP) is 13.7. The summed E-state index contributed by atoms with van der Waals surface area (Å²) in [5.41, 5.74) is 0. The molecule has 0 bridgehead atoms. The number of rotatable bonds is 42. The van der Waals surface area contributed by atoms with Gasteiger partial charge in [-0.3, -0.25) is 4.79 Å². The summed E-state index contributed by atoms with van der Waals surface area (Å²) >= 11 is 0. The van der Waals surface area contributed by atoms with Crippen molar-refractivity contribution in [2.24, 2.45) is 0 Å². The van der Waals surface area contributed by atoms with E-state index in [4.69, 9.17) is 0 Å². The zero-order valence-electron chi connectivity index (χ0n) is 35.8. The second-order valence-corrected chi connectivity index (χ2v) is 16.0. The fourth-order valence-electron chi connectivity index (χ4n) is 6.95. The standard InChI is InChI=1S/C49H91NO4/c1-3-5-7-9-11-13-15-17-19-20-21-22-23-24-25-26-27-29-31-33-35-37-39-41-43-48(53)47(45-51)50-49(54)44-46(52)42-40-38-36-34-32-30-28-18-16-14-12-10-8-6-4-2/h18,26-28,33,35,41,43,46-48,51-53H,3-17,19-25,29-32,34,36-40,42,44-45H2,1-2H3,(H,50,54)/b27-26+,28-18-,35-33+,43-41+. The summed E-state index contributed by atoms with van der Waals surface area (Å²) in [6.45, 7) is 4.19. The third-order valence-electron chi connectivity index (χ3n) is 10.6. The molecule has 4 N–H and O–H groups in total. The lowest BCUT2D eigenvalue weighted by Crippen LogP contribution is -2.45. The van der Waals surface area contributed by atoms with Gasteiger partial charge in [0, 0.05) is 0 Å². The SMILES string of the molecule is CCCCCCCC/C=C\CCCCCCCC(O)CC(=O)NC(CO)C(O)/C=C/CC/C=C/CC/C=C/CCCCCCCCCCCCCCCC. The summed E-state index contributed by atoms with van der Waals surface area (Å²) in [4.78, 5) is 12.4. The Morgan fingerprint density at radius 1 is 0.463 bits per heavy atom. The first-order valence-electron chi connectivity index (χ1n) is 23.4. The lowest BCUT2D eigenvalue weighted by atomic mass is 10.0. The highest BCUT2D eigenvalue weighted by Crippen LogP contribution is 2.15. The highest BCUT2D eigenvalue weighted by atomic mass is 16.3. The van der Waals surface area contributed by atoms with E-state index in [1.807, 2.05) is 6.08 Å². The number of hydrogen-bond acceptors (Lipinski definition) is 4. The van der Waals surface area contributed by atoms with Crippen LogP contribution >= 0.6 is 0 Å². The molecule has 54 heavy (non-hydrogen) atoms. The van der Waals surface area contributed by atoms with Crippen LogP contribution in [0.3, 0.4) is 0 Å². The van der Waals surface area contributed by atoms with Gasteiger partial charge in [-0.15, -0.1) is 0 Å². The number of aliphatic hydroxyl groups excluding tert-OH is 3. The maximum Gasteiger partial charge on any atom is 0.222 e. The zero-order valence-corrected chi connectivity index (χ0v) is 35.8. The fraction of sp³-hybridized carbons (Fsp3) is 0.816. The molecular formula is C49H91NO4. The maximum absolute atomic E-state index is 12.4. The van der Waals surface area contributed by atoms with Crippen LogP contribution in [0.5, 0.6) is 0 Å². The van der Waals surface area contributed by atoms with Gasteiger partial charge in [0.2, 0.25) is 5.91 Å². The van der Waals surface area contributed by atoms with E-state index in [2.05, 4.69) is 55.6 Å². The molecule has 5 nitrogen and oxygen atoms in total. The molecule has 0 spiro atoms. The monoisotopic (exact) mass is 758 g/mol. The summed E-state index contributed by atoms with van der Waals surface area (Å²) in [7, 11) is 0. The van der Waals surface area contributed by atoms with Crippen molar-refractivity contribution < 1.29 is 20.1 Å². The second kappa shape index (κ2) is 44.0. The van der Waals surface area contributed by atoms with Crippen LogP contribution in [-0.2, 0) is 4.79 Å². The molecule has 0 heterocycles. The molecular weight excluding hydrogens is 667 g/mol. The van der Waals surface area contributed by atoms with E-state index in [-0.39, 0.29) is 18.9 Å². The number of hydrogen-bond donors (Lipinski definition) is 4. The van der Waals surface area contributed by atoms with Crippen molar-refractivity contribution in [3.05, 3.63) is 48.6 Å². The number of unbranched alkanes of at least 4 members (excludes halogenated alkanes) is 27. The Morgan fingerprint density at radius 2 is 0.796 bits per heavy atom. The summed E-state index contributed by atoms with van der Waals surface area (Å²) in [5.74, 6) is -0.335. The highest BCUT2D eigenvalue weighted by Gasteiger charge is 2.20. The Kier molecular flexibility index (Phi) is 42.7. The lowest BCUT2D eigenvalue weighted by molar-refractivity contribution is -0.124. The Morgan fingerprint density at radius 3 is 1.19 bits per heavy atom. The van der Waals surface area contributed by atoms with Gasteiger partial charge in [-0.2, -0.15) is 0 Å². The molecule has 0 aliphatic carbocycles. The topological polar surface area (TPSA) is 89.8 Å². The predicted molar refractivity (Wildman–Crippen MR) is 236 cm³/mol. The Balaban J connectivity index is 3.73. The van der Waals surface area contributed by atoms with Gasteiger partial charge in [0.25, 0.3) is 0 Å². The first kappa shape index (κ1) is 52.3. The van der Waals surface area contributed by atoms with E-state index < -0.39 is 18.2 Å². The second-order valence-electron chi connectivity index (χ2n) is 16.0. The largest absolute Gasteiger partial charge is 0.394 e. The minimum Gasteiger partial charge on any atom is -0.394 e. The minimum absolute atomic E-state index is 0.00417. The molecule has 3 unspecified atom stereocenters. The van der Waals surface area contributed by atoms with Crippen LogP contribution in [-0.4, -0.2) is 46.1 Å². The van der Waals surface area contributed by atoms with Gasteiger partial charge < -0.3 is 20.6 Å². The van der Waals surface area contributed by atoms with E-state index in [9.17, 15) is 20.1 Å². The average molecular weight is 758 g/mol. The number of allylic oxidation sites excluding steroid dienone is 7. The molecule has 0 aliphatic heterocycles. The number of carbonyl (C=O) groups excluding carboxylic acids is 1. The van der Waals surface area contributed by atoms with Crippen molar-refractivity contribution in [1.82, 2.24) is 5.32 Å². The Bertz CT molecular complexity index is 881. The number of aliphatic hydroxyl groups is 3. The van der Waals surface area contributed by atoms with Gasteiger partial charge in [-0.1, -0.05) is 204 Å². The molecule has 0 saturated heterocycles. The van der Waals surface area contributed by atoms with Crippen LogP contribution in [0.25, 0.3) is 0 Å². The van der Waals surface area contributed by atoms with Gasteiger partial charge in [0.1, 0.15) is 0 Å². The zero-order chi connectivity index (χ0) is 39.4. The van der Waals surface area contributed by atoms with Gasteiger partial charge in [0.05, 0.1) is 31.3 Å². The van der Waals surface area contributed by atoms with Gasteiger partial charge in [-0.05, 0) is 70.6 Å². The van der Waals surface area contributed by atoms with Crippen molar-refractivity contribution in [2.75, 3.05) is 6.61 Å². The Labute approximate surface area is 336 Å². The van der Waals surface area contributed by atoms with Crippen LogP contribution in [0, 0.1) is 0 Å². The molecule has 0 saturated carbocycles. The maximum atomic E-state index is 12.4. The molecule has 3 atom stereocenters. The van der Waals surface area contributed by atoms with E-state index in [1.54, 1.807) is 6.08 Å². The van der Waals surface area contributed by atoms with Crippen molar-refractivity contribution in [3.8, 4) is 0 Å². The highest BCUT2D eigenvalue weighted by molar-refractivity contribution is 5.76. The first-order valence-corrected chi connectivity index (χ1v) is 23.4. The molecule has 0 aromatic heterocycles. The van der Waals surface area contributed by atoms with E-state index in [0.29, 0.717) is 6.42 Å². The van der Waals surface area contributed by atoms with Gasteiger partial charge >= 0.3 is 0 Å². The molecule has 0 aromatic rings. The van der Waals surface area contributed by atoms with E-state index in [1.165, 1.54) is 154 Å². The quantitative estimate of drug-likeness (QED) is 0.0369. The van der Waals surface area contributed by atoms with Crippen LogP contribution in [0.2, 0.25) is 0 Å². The van der Waals surface area contributed by atoms with Crippen LogP contribution in [0.15, 0.2) is 48.6 Å². The minimum atomic E-state index is -0.963. The van der Waals surface area contributed by atoms with Gasteiger partial charge in [0.15, 0.2) is 0 Å². The summed E-state index contributed by atoms with van der Waals surface area (Å²) < 4.78 is 0. The van der Waals surface area contributed by atoms with E-state index >= 15 is 0 Å². The Hall–Kier alpha value is -1.69.